The van der Waals surface area contributed by atoms with Crippen molar-refractivity contribution in [3.8, 4) is 0 Å². The summed E-state index contributed by atoms with van der Waals surface area (Å²) < 4.78 is 39.2. The molecule has 2 aliphatic rings. The van der Waals surface area contributed by atoms with Gasteiger partial charge in [-0.05, 0) is 41.8 Å². The van der Waals surface area contributed by atoms with Crippen LogP contribution in [0, 0.1) is 0 Å². The highest BCUT2D eigenvalue weighted by Crippen LogP contribution is 2.28. The van der Waals surface area contributed by atoms with Gasteiger partial charge in [0.15, 0.2) is 5.65 Å². The van der Waals surface area contributed by atoms with E-state index in [1.165, 1.54) is 4.90 Å². The number of alkyl halides is 3. The third-order valence-corrected chi connectivity index (χ3v) is 7.54. The van der Waals surface area contributed by atoms with Crippen LogP contribution in [0.5, 0.6) is 0 Å². The topological polar surface area (TPSA) is 89.2 Å². The van der Waals surface area contributed by atoms with Gasteiger partial charge in [-0.2, -0.15) is 18.2 Å². The van der Waals surface area contributed by atoms with Crippen LogP contribution in [-0.4, -0.2) is 98.9 Å². The van der Waals surface area contributed by atoms with E-state index in [9.17, 15) is 18.0 Å². The molecule has 0 spiro atoms. The van der Waals surface area contributed by atoms with Crippen molar-refractivity contribution in [2.45, 2.75) is 25.4 Å². The van der Waals surface area contributed by atoms with E-state index in [4.69, 9.17) is 10.1 Å². The van der Waals surface area contributed by atoms with Crippen LogP contribution in [0.15, 0.2) is 55.3 Å². The first-order valence-electron chi connectivity index (χ1n) is 13.7. The number of anilines is 2. The van der Waals surface area contributed by atoms with Crippen LogP contribution in [0.1, 0.15) is 30.4 Å². The second-order valence-electron chi connectivity index (χ2n) is 10.3. The number of amides is 1. The molecule has 3 aromatic rings. The van der Waals surface area contributed by atoms with E-state index in [-0.39, 0.29) is 13.2 Å². The summed E-state index contributed by atoms with van der Waals surface area (Å²) in [4.78, 5) is 22.9. The minimum Gasteiger partial charge on any atom is -0.395 e. The molecule has 41 heavy (non-hydrogen) atoms. The standard InChI is InChI=1S/C29H34F3N7O2/c1-21(37-17-15-36(16-18-37)19-20-40)22-4-6-24(7-5-22)33-28-34-27-25(3-2-12-39(27)35-28)23-9-13-38(14-10-23)26(41)8-11-29(30,31)32/h2-7,9,12,40H,1,8,10-11,13-20H2,(H,33,35). The lowest BCUT2D eigenvalue weighted by Crippen LogP contribution is -2.46. The number of aliphatic hydroxyl groups excluding tert-OH is 1. The maximum absolute atomic E-state index is 12.5. The number of nitrogens with one attached hydrogen (secondary N) is 1. The highest BCUT2D eigenvalue weighted by molar-refractivity contribution is 5.81. The SMILES string of the molecule is C=C(c1ccc(Nc2nc3c(C4=CCN(C(=O)CCC(F)(F)F)CC4)cccn3n2)cc1)N1CCN(CCO)CC1. The number of fused-ring (bicyclic) bond motifs is 1. The fourth-order valence-corrected chi connectivity index (χ4v) is 5.20. The number of halogens is 3. The predicted octanol–water partition coefficient (Wildman–Crippen LogP) is 4.01. The molecule has 1 amide bonds. The Morgan fingerprint density at radius 1 is 1.05 bits per heavy atom. The summed E-state index contributed by atoms with van der Waals surface area (Å²) >= 11 is 0. The fourth-order valence-electron chi connectivity index (χ4n) is 5.20. The molecular formula is C29H34F3N7O2. The van der Waals surface area contributed by atoms with Crippen LogP contribution in [0.25, 0.3) is 16.9 Å². The number of piperazine rings is 1. The molecule has 0 unspecified atom stereocenters. The molecule has 1 fully saturated rings. The molecule has 9 nitrogen and oxygen atoms in total. The summed E-state index contributed by atoms with van der Waals surface area (Å²) in [5.74, 6) is -0.0515. The first-order valence-corrected chi connectivity index (χ1v) is 13.7. The zero-order valence-corrected chi connectivity index (χ0v) is 22.8. The van der Waals surface area contributed by atoms with Gasteiger partial charge >= 0.3 is 6.18 Å². The van der Waals surface area contributed by atoms with E-state index < -0.39 is 24.9 Å². The molecule has 0 radical (unpaired) electrons. The van der Waals surface area contributed by atoms with Gasteiger partial charge in [-0.1, -0.05) is 24.8 Å². The molecule has 2 aromatic heterocycles. The number of carbonyl (C=O) groups excluding carboxylic acids is 1. The van der Waals surface area contributed by atoms with Crippen LogP contribution in [-0.2, 0) is 4.79 Å². The Balaban J connectivity index is 1.22. The first kappa shape index (κ1) is 28.6. The van der Waals surface area contributed by atoms with E-state index in [0.717, 1.165) is 54.3 Å². The second kappa shape index (κ2) is 12.3. The van der Waals surface area contributed by atoms with Crippen LogP contribution >= 0.6 is 0 Å². The van der Waals surface area contributed by atoms with E-state index >= 15 is 0 Å². The number of benzene rings is 1. The molecule has 1 saturated heterocycles. The lowest BCUT2D eigenvalue weighted by molar-refractivity contribution is -0.148. The van der Waals surface area contributed by atoms with Gasteiger partial charge in [0, 0.05) is 75.4 Å². The van der Waals surface area contributed by atoms with Gasteiger partial charge in [0.25, 0.3) is 0 Å². The van der Waals surface area contributed by atoms with Gasteiger partial charge in [-0.15, -0.1) is 5.10 Å². The van der Waals surface area contributed by atoms with Gasteiger partial charge in [0.1, 0.15) is 0 Å². The number of aromatic nitrogens is 3. The Morgan fingerprint density at radius 3 is 2.46 bits per heavy atom. The zero-order valence-electron chi connectivity index (χ0n) is 22.8. The van der Waals surface area contributed by atoms with Crippen molar-refractivity contribution in [3.63, 3.8) is 0 Å². The lowest BCUT2D eigenvalue weighted by Gasteiger charge is -2.36. The van der Waals surface area contributed by atoms with Crippen molar-refractivity contribution in [3.05, 3.63) is 66.4 Å². The number of hydrogen-bond acceptors (Lipinski definition) is 7. The van der Waals surface area contributed by atoms with Crippen LogP contribution < -0.4 is 5.32 Å². The number of aliphatic hydroxyl groups is 1. The largest absolute Gasteiger partial charge is 0.395 e. The molecular weight excluding hydrogens is 535 g/mol. The third kappa shape index (κ3) is 7.06. The van der Waals surface area contributed by atoms with Crippen molar-refractivity contribution in [2.75, 3.05) is 57.7 Å². The number of pyridine rings is 1. The van der Waals surface area contributed by atoms with Gasteiger partial charge in [-0.3, -0.25) is 9.69 Å². The van der Waals surface area contributed by atoms with Crippen molar-refractivity contribution >= 4 is 34.5 Å². The van der Waals surface area contributed by atoms with Gasteiger partial charge in [-0.25, -0.2) is 4.52 Å². The molecule has 0 bridgehead atoms. The van der Waals surface area contributed by atoms with Gasteiger partial charge in [0.2, 0.25) is 11.9 Å². The molecule has 0 aliphatic carbocycles. The van der Waals surface area contributed by atoms with Crippen molar-refractivity contribution in [1.82, 2.24) is 29.3 Å². The summed E-state index contributed by atoms with van der Waals surface area (Å²) in [6.45, 7) is 9.32. The van der Waals surface area contributed by atoms with Crippen molar-refractivity contribution in [1.29, 1.82) is 0 Å². The number of hydrogen-bond donors (Lipinski definition) is 2. The van der Waals surface area contributed by atoms with Crippen molar-refractivity contribution in [2.24, 2.45) is 0 Å². The molecule has 218 valence electrons. The predicted molar refractivity (Wildman–Crippen MR) is 151 cm³/mol. The van der Waals surface area contributed by atoms with E-state index in [0.29, 0.717) is 31.1 Å². The minimum atomic E-state index is -4.34. The summed E-state index contributed by atoms with van der Waals surface area (Å²) in [7, 11) is 0. The number of nitrogens with zero attached hydrogens (tertiary/aromatic N) is 6. The van der Waals surface area contributed by atoms with E-state index in [1.54, 1.807) is 10.7 Å². The Hall–Kier alpha value is -3.90. The van der Waals surface area contributed by atoms with Crippen molar-refractivity contribution < 1.29 is 23.1 Å². The quantitative estimate of drug-likeness (QED) is 0.403. The monoisotopic (exact) mass is 569 g/mol. The number of β-amino-alcohol motifs (C(OH)–C–C–N with tert-alkyl or cyclic N) is 1. The zero-order chi connectivity index (χ0) is 29.0. The highest BCUT2D eigenvalue weighted by atomic mass is 19.4. The Labute approximate surface area is 236 Å². The van der Waals surface area contributed by atoms with Gasteiger partial charge < -0.3 is 20.2 Å². The molecule has 12 heteroatoms. The number of carbonyl (C=O) groups is 1. The Bertz CT molecular complexity index is 1410. The summed E-state index contributed by atoms with van der Waals surface area (Å²) in [6, 6.07) is 11.8. The number of rotatable bonds is 9. The summed E-state index contributed by atoms with van der Waals surface area (Å²) in [6.07, 6.45) is -1.76. The maximum Gasteiger partial charge on any atom is 0.389 e. The van der Waals surface area contributed by atoms with Crippen LogP contribution in [0.2, 0.25) is 0 Å². The molecule has 0 atom stereocenters. The molecule has 4 heterocycles. The molecule has 5 rings (SSSR count). The van der Waals surface area contributed by atoms with E-state index in [2.05, 4.69) is 26.8 Å². The fraction of sp³-hybridized carbons (Fsp3) is 0.414. The highest BCUT2D eigenvalue weighted by Gasteiger charge is 2.29. The normalized spacial score (nSPS) is 16.6. The minimum absolute atomic E-state index is 0.174. The first-order chi connectivity index (χ1) is 19.7. The van der Waals surface area contributed by atoms with Crippen LogP contribution in [0.3, 0.4) is 0 Å². The molecule has 1 aromatic carbocycles. The van der Waals surface area contributed by atoms with Crippen LogP contribution in [0.4, 0.5) is 24.8 Å². The van der Waals surface area contributed by atoms with E-state index in [1.807, 2.05) is 42.5 Å². The lowest BCUT2D eigenvalue weighted by atomic mass is 10.00. The summed E-state index contributed by atoms with van der Waals surface area (Å²) in [5.41, 5.74) is 5.35. The maximum atomic E-state index is 12.5. The summed E-state index contributed by atoms with van der Waals surface area (Å²) in [5, 5.41) is 17.0. The second-order valence-corrected chi connectivity index (χ2v) is 10.3. The molecule has 2 aliphatic heterocycles. The average molecular weight is 570 g/mol. The Kier molecular flexibility index (Phi) is 8.60. The van der Waals surface area contributed by atoms with Gasteiger partial charge in [0.05, 0.1) is 13.0 Å². The Morgan fingerprint density at radius 2 is 1.80 bits per heavy atom. The molecule has 2 N–H and O–H groups in total. The third-order valence-electron chi connectivity index (χ3n) is 7.54. The smallest absolute Gasteiger partial charge is 0.389 e. The molecule has 0 saturated carbocycles. The average Bonchev–Trinajstić information content (AvgIpc) is 3.39.